The number of nitrogens with one attached hydrogen (secondary N) is 1. The molecule has 2 aromatic rings. The zero-order valence-corrected chi connectivity index (χ0v) is 17.0. The van der Waals surface area contributed by atoms with Crippen LogP contribution in [0.5, 0.6) is 0 Å². The van der Waals surface area contributed by atoms with Gasteiger partial charge in [0.15, 0.2) is 5.17 Å². The summed E-state index contributed by atoms with van der Waals surface area (Å²) in [6.07, 6.45) is 0.818. The van der Waals surface area contributed by atoms with Crippen molar-refractivity contribution in [3.63, 3.8) is 0 Å². The van der Waals surface area contributed by atoms with Gasteiger partial charge in [0.05, 0.1) is 10.4 Å². The highest BCUT2D eigenvalue weighted by atomic mass is 35.5. The van der Waals surface area contributed by atoms with E-state index in [1.165, 1.54) is 30.0 Å². The summed E-state index contributed by atoms with van der Waals surface area (Å²) in [4.78, 5) is 4.55. The molecule has 0 spiro atoms. The first kappa shape index (κ1) is 19.4. The Bertz CT molecular complexity index is 959. The van der Waals surface area contributed by atoms with E-state index in [1.807, 2.05) is 13.0 Å². The van der Waals surface area contributed by atoms with Crippen LogP contribution in [0.4, 0.5) is 5.69 Å². The van der Waals surface area contributed by atoms with Gasteiger partial charge in [0.25, 0.3) is 10.0 Å². The zero-order valence-electron chi connectivity index (χ0n) is 13.9. The van der Waals surface area contributed by atoms with Crippen molar-refractivity contribution in [2.24, 2.45) is 10.7 Å². The highest BCUT2D eigenvalue weighted by molar-refractivity contribution is 8.13. The van der Waals surface area contributed by atoms with E-state index in [9.17, 15) is 8.42 Å². The second-order valence-corrected chi connectivity index (χ2v) is 9.78. The molecular weight excluding hydrogens is 413 g/mol. The standard InChI is InChI=1S/C17H17Cl2N3O2S2/c1-17(5-6-25-16(20)21-17)11-3-2-4-14(7-11)22-26(23,24)15-9-12(18)8-13(19)10-15/h2-4,7-10,22H,5-6H2,1H3,(H2,20,21). The molecule has 26 heavy (non-hydrogen) atoms. The van der Waals surface area contributed by atoms with Gasteiger partial charge in [-0.15, -0.1) is 0 Å². The SMILES string of the molecule is CC1(c2cccc(NS(=O)(=O)c3cc(Cl)cc(Cl)c3)c2)CCSC(N)=N1. The van der Waals surface area contributed by atoms with Crippen LogP contribution in [0.25, 0.3) is 0 Å². The number of halogens is 2. The molecule has 0 bridgehead atoms. The number of rotatable bonds is 4. The fraction of sp³-hybridized carbons (Fsp3) is 0.235. The number of hydrogen-bond donors (Lipinski definition) is 2. The summed E-state index contributed by atoms with van der Waals surface area (Å²) >= 11 is 13.3. The minimum Gasteiger partial charge on any atom is -0.379 e. The topological polar surface area (TPSA) is 84.5 Å². The maximum absolute atomic E-state index is 12.6. The first-order valence-electron chi connectivity index (χ1n) is 7.76. The Morgan fingerprint density at radius 2 is 1.88 bits per heavy atom. The molecule has 138 valence electrons. The van der Waals surface area contributed by atoms with Gasteiger partial charge in [-0.25, -0.2) is 8.42 Å². The largest absolute Gasteiger partial charge is 0.379 e. The highest BCUT2D eigenvalue weighted by Crippen LogP contribution is 2.36. The summed E-state index contributed by atoms with van der Waals surface area (Å²) in [7, 11) is -3.82. The van der Waals surface area contributed by atoms with Crippen molar-refractivity contribution in [2.75, 3.05) is 10.5 Å². The van der Waals surface area contributed by atoms with Crippen molar-refractivity contribution in [2.45, 2.75) is 23.8 Å². The number of amidine groups is 1. The lowest BCUT2D eigenvalue weighted by Crippen LogP contribution is -2.28. The maximum Gasteiger partial charge on any atom is 0.261 e. The smallest absolute Gasteiger partial charge is 0.261 e. The number of nitrogens with zero attached hydrogens (tertiary/aromatic N) is 1. The fourth-order valence-corrected chi connectivity index (χ4v) is 5.46. The summed E-state index contributed by atoms with van der Waals surface area (Å²) in [5.74, 6) is 0.864. The molecule has 9 heteroatoms. The molecule has 0 aliphatic carbocycles. The first-order valence-corrected chi connectivity index (χ1v) is 11.0. The molecule has 1 unspecified atom stereocenters. The van der Waals surface area contributed by atoms with Crippen LogP contribution >= 0.6 is 35.0 Å². The molecule has 1 aliphatic heterocycles. The predicted octanol–water partition coefficient (Wildman–Crippen LogP) is 4.46. The molecule has 0 fully saturated rings. The molecular formula is C17H17Cl2N3O2S2. The van der Waals surface area contributed by atoms with Gasteiger partial charge in [-0.3, -0.25) is 9.71 Å². The monoisotopic (exact) mass is 429 g/mol. The quantitative estimate of drug-likeness (QED) is 0.750. The van der Waals surface area contributed by atoms with Gasteiger partial charge in [0, 0.05) is 21.5 Å². The summed E-state index contributed by atoms with van der Waals surface area (Å²) < 4.78 is 27.9. The Balaban J connectivity index is 1.92. The molecule has 5 nitrogen and oxygen atoms in total. The number of sulfonamides is 1. The molecule has 0 aromatic heterocycles. The normalized spacial score (nSPS) is 20.5. The van der Waals surface area contributed by atoms with Gasteiger partial charge >= 0.3 is 0 Å². The second kappa shape index (κ2) is 7.31. The molecule has 0 saturated carbocycles. The number of nitrogens with two attached hydrogens (primary N) is 1. The lowest BCUT2D eigenvalue weighted by atomic mass is 9.89. The Kier molecular flexibility index (Phi) is 5.44. The molecule has 0 saturated heterocycles. The molecule has 2 aromatic carbocycles. The summed E-state index contributed by atoms with van der Waals surface area (Å²) in [5, 5.41) is 1.05. The van der Waals surface area contributed by atoms with Gasteiger partial charge in [0.2, 0.25) is 0 Å². The third kappa shape index (κ3) is 4.28. The van der Waals surface area contributed by atoms with Crippen LogP contribution in [0.2, 0.25) is 10.0 Å². The summed E-state index contributed by atoms with van der Waals surface area (Å²) in [6, 6.07) is 11.3. The second-order valence-electron chi connectivity index (χ2n) is 6.11. The van der Waals surface area contributed by atoms with Gasteiger partial charge in [0.1, 0.15) is 0 Å². The maximum atomic E-state index is 12.6. The van der Waals surface area contributed by atoms with E-state index >= 15 is 0 Å². The van der Waals surface area contributed by atoms with Gasteiger partial charge in [-0.1, -0.05) is 47.1 Å². The van der Waals surface area contributed by atoms with Crippen LogP contribution in [0.15, 0.2) is 52.4 Å². The summed E-state index contributed by atoms with van der Waals surface area (Å²) in [6.45, 7) is 1.99. The number of anilines is 1. The van der Waals surface area contributed by atoms with Crippen LogP contribution < -0.4 is 10.5 Å². The van der Waals surface area contributed by atoms with Crippen molar-refractivity contribution in [3.05, 3.63) is 58.1 Å². The number of benzene rings is 2. The Hall–Kier alpha value is -1.41. The van der Waals surface area contributed by atoms with Crippen LogP contribution in [-0.4, -0.2) is 19.3 Å². The minimum absolute atomic E-state index is 0.00273. The Morgan fingerprint density at radius 3 is 2.54 bits per heavy atom. The lowest BCUT2D eigenvalue weighted by Gasteiger charge is -2.30. The van der Waals surface area contributed by atoms with E-state index in [1.54, 1.807) is 18.2 Å². The minimum atomic E-state index is -3.82. The molecule has 0 amide bonds. The third-order valence-electron chi connectivity index (χ3n) is 4.08. The van der Waals surface area contributed by atoms with Crippen LogP contribution in [-0.2, 0) is 15.6 Å². The van der Waals surface area contributed by atoms with E-state index in [-0.39, 0.29) is 14.9 Å². The van der Waals surface area contributed by atoms with E-state index in [2.05, 4.69) is 9.71 Å². The van der Waals surface area contributed by atoms with Crippen molar-refractivity contribution in [1.29, 1.82) is 0 Å². The van der Waals surface area contributed by atoms with E-state index < -0.39 is 15.6 Å². The van der Waals surface area contributed by atoms with E-state index in [0.717, 1.165) is 17.7 Å². The zero-order chi connectivity index (χ0) is 18.9. The number of aliphatic imine (C=N–C) groups is 1. The van der Waals surface area contributed by atoms with E-state index in [4.69, 9.17) is 28.9 Å². The predicted molar refractivity (Wildman–Crippen MR) is 110 cm³/mol. The van der Waals surface area contributed by atoms with Gasteiger partial charge in [-0.2, -0.15) is 0 Å². The summed E-state index contributed by atoms with van der Waals surface area (Å²) in [5.41, 5.74) is 6.72. The number of thioether (sulfide) groups is 1. The van der Waals surface area contributed by atoms with Crippen LogP contribution in [0.1, 0.15) is 18.9 Å². The third-order valence-corrected chi connectivity index (χ3v) is 6.67. The van der Waals surface area contributed by atoms with Gasteiger partial charge in [-0.05, 0) is 49.2 Å². The van der Waals surface area contributed by atoms with Crippen molar-refractivity contribution in [3.8, 4) is 0 Å². The highest BCUT2D eigenvalue weighted by Gasteiger charge is 2.29. The van der Waals surface area contributed by atoms with Crippen LogP contribution in [0.3, 0.4) is 0 Å². The average Bonchev–Trinajstić information content (AvgIpc) is 2.53. The molecule has 3 rings (SSSR count). The van der Waals surface area contributed by atoms with E-state index in [0.29, 0.717) is 10.9 Å². The lowest BCUT2D eigenvalue weighted by molar-refractivity contribution is 0.482. The van der Waals surface area contributed by atoms with Crippen molar-refractivity contribution in [1.82, 2.24) is 0 Å². The van der Waals surface area contributed by atoms with Crippen molar-refractivity contribution < 1.29 is 8.42 Å². The molecule has 1 atom stereocenters. The molecule has 0 radical (unpaired) electrons. The fourth-order valence-electron chi connectivity index (χ4n) is 2.71. The Morgan fingerprint density at radius 1 is 1.19 bits per heavy atom. The first-order chi connectivity index (χ1) is 12.2. The Labute approximate surface area is 167 Å². The molecule has 1 aliphatic rings. The average molecular weight is 430 g/mol. The molecule has 3 N–H and O–H groups in total. The molecule has 1 heterocycles. The van der Waals surface area contributed by atoms with Crippen molar-refractivity contribution >= 4 is 55.8 Å². The number of hydrogen-bond acceptors (Lipinski definition) is 5. The van der Waals surface area contributed by atoms with Crippen LogP contribution in [0, 0.1) is 0 Å². The van der Waals surface area contributed by atoms with Gasteiger partial charge < -0.3 is 5.73 Å².